The third-order valence-corrected chi connectivity index (χ3v) is 6.46. The van der Waals surface area contributed by atoms with Crippen molar-refractivity contribution in [2.75, 3.05) is 26.2 Å². The molecule has 1 amide bonds. The van der Waals surface area contributed by atoms with Gasteiger partial charge in [-0.25, -0.2) is 4.98 Å². The van der Waals surface area contributed by atoms with E-state index in [9.17, 15) is 9.90 Å². The summed E-state index contributed by atoms with van der Waals surface area (Å²) >= 11 is 1.54. The first-order valence-electron chi connectivity index (χ1n) is 8.66. The molecule has 0 unspecified atom stereocenters. The molecule has 0 aromatic carbocycles. The van der Waals surface area contributed by atoms with E-state index in [0.717, 1.165) is 61.0 Å². The van der Waals surface area contributed by atoms with Crippen LogP contribution in [0.3, 0.4) is 0 Å². The molecule has 6 heteroatoms. The van der Waals surface area contributed by atoms with Crippen LogP contribution in [0.25, 0.3) is 0 Å². The Bertz CT molecular complexity index is 564. The molecule has 1 saturated heterocycles. The lowest BCUT2D eigenvalue weighted by Gasteiger charge is -2.39. The molecule has 5 nitrogen and oxygen atoms in total. The Morgan fingerprint density at radius 3 is 2.48 bits per heavy atom. The van der Waals surface area contributed by atoms with Crippen molar-refractivity contribution in [2.45, 2.75) is 58.1 Å². The molecule has 0 radical (unpaired) electrons. The molecule has 1 N–H and O–H groups in total. The smallest absolute Gasteiger partial charge is 0.265 e. The fourth-order valence-corrected chi connectivity index (χ4v) is 4.65. The monoisotopic (exact) mass is 337 g/mol. The fourth-order valence-electron chi connectivity index (χ4n) is 3.61. The SMILES string of the molecule is Cc1nc(C(C)C)sc1C(=O)N1CCN([C@@H]2CCC[C@@H]2O)CC1. The van der Waals surface area contributed by atoms with Crippen LogP contribution in [-0.4, -0.2) is 64.1 Å². The van der Waals surface area contributed by atoms with E-state index in [1.165, 1.54) is 11.3 Å². The van der Waals surface area contributed by atoms with Gasteiger partial charge in [0.25, 0.3) is 5.91 Å². The summed E-state index contributed by atoms with van der Waals surface area (Å²) in [4.78, 5) is 22.4. The van der Waals surface area contributed by atoms with Gasteiger partial charge in [0.1, 0.15) is 4.88 Å². The second-order valence-corrected chi connectivity index (χ2v) is 8.05. The third-order valence-electron chi connectivity index (χ3n) is 5.02. The molecule has 128 valence electrons. The van der Waals surface area contributed by atoms with Crippen LogP contribution < -0.4 is 0 Å². The van der Waals surface area contributed by atoms with Gasteiger partial charge in [0.05, 0.1) is 16.8 Å². The molecule has 23 heavy (non-hydrogen) atoms. The number of carbonyl (C=O) groups is 1. The standard InChI is InChI=1S/C17H27N3O2S/c1-11(2)16-18-12(3)15(23-16)17(22)20-9-7-19(8-10-20)13-5-4-6-14(13)21/h11,13-14,21H,4-10H2,1-3H3/t13-,14+/m1/s1. The number of aromatic nitrogens is 1. The van der Waals surface area contributed by atoms with Gasteiger partial charge >= 0.3 is 0 Å². The summed E-state index contributed by atoms with van der Waals surface area (Å²) in [5.74, 6) is 0.486. The van der Waals surface area contributed by atoms with Gasteiger partial charge in [0, 0.05) is 38.1 Å². The highest BCUT2D eigenvalue weighted by Crippen LogP contribution is 2.28. The zero-order valence-electron chi connectivity index (χ0n) is 14.3. The zero-order valence-corrected chi connectivity index (χ0v) is 15.1. The number of hydrogen-bond acceptors (Lipinski definition) is 5. The highest BCUT2D eigenvalue weighted by molar-refractivity contribution is 7.13. The lowest BCUT2D eigenvalue weighted by molar-refractivity contribution is 0.0317. The van der Waals surface area contributed by atoms with Crippen molar-refractivity contribution >= 4 is 17.2 Å². The van der Waals surface area contributed by atoms with Gasteiger partial charge in [-0.2, -0.15) is 0 Å². The van der Waals surface area contributed by atoms with E-state index in [1.807, 2.05) is 11.8 Å². The molecule has 2 atom stereocenters. The maximum atomic E-state index is 12.8. The quantitative estimate of drug-likeness (QED) is 0.919. The molecule has 2 aliphatic rings. The average Bonchev–Trinajstić information content (AvgIpc) is 3.13. The molecule has 1 saturated carbocycles. The minimum atomic E-state index is -0.186. The van der Waals surface area contributed by atoms with E-state index in [2.05, 4.69) is 23.7 Å². The molecule has 2 fully saturated rings. The molecule has 1 aromatic rings. The van der Waals surface area contributed by atoms with Gasteiger partial charge in [0.15, 0.2) is 0 Å². The Labute approximate surface area is 142 Å². The first-order chi connectivity index (χ1) is 11.0. The molecule has 1 aromatic heterocycles. The minimum absolute atomic E-state index is 0.124. The van der Waals surface area contributed by atoms with Crippen molar-refractivity contribution in [1.29, 1.82) is 0 Å². The maximum absolute atomic E-state index is 12.8. The predicted octanol–water partition coefficient (Wildman–Crippen LogP) is 2.25. The average molecular weight is 337 g/mol. The summed E-state index contributed by atoms with van der Waals surface area (Å²) in [7, 11) is 0. The number of aliphatic hydroxyl groups is 1. The second kappa shape index (κ2) is 6.87. The van der Waals surface area contributed by atoms with Crippen molar-refractivity contribution in [3.8, 4) is 0 Å². The van der Waals surface area contributed by atoms with Crippen molar-refractivity contribution in [3.63, 3.8) is 0 Å². The lowest BCUT2D eigenvalue weighted by Crippen LogP contribution is -2.53. The van der Waals surface area contributed by atoms with Gasteiger partial charge in [-0.15, -0.1) is 11.3 Å². The van der Waals surface area contributed by atoms with Crippen LogP contribution in [0.2, 0.25) is 0 Å². The van der Waals surface area contributed by atoms with Gasteiger partial charge in [-0.3, -0.25) is 9.69 Å². The van der Waals surface area contributed by atoms with Gasteiger partial charge in [-0.1, -0.05) is 13.8 Å². The maximum Gasteiger partial charge on any atom is 0.265 e. The molecule has 0 bridgehead atoms. The molecule has 2 heterocycles. The number of rotatable bonds is 3. The van der Waals surface area contributed by atoms with Crippen molar-refractivity contribution in [2.24, 2.45) is 0 Å². The van der Waals surface area contributed by atoms with Crippen LogP contribution in [0.5, 0.6) is 0 Å². The summed E-state index contributed by atoms with van der Waals surface area (Å²) in [5.41, 5.74) is 0.859. The number of aliphatic hydroxyl groups excluding tert-OH is 1. The summed E-state index contributed by atoms with van der Waals surface area (Å²) in [6, 6.07) is 0.296. The van der Waals surface area contributed by atoms with Crippen LogP contribution in [0.15, 0.2) is 0 Å². The number of piperazine rings is 1. The van der Waals surface area contributed by atoms with E-state index in [1.54, 1.807) is 0 Å². The molecular weight excluding hydrogens is 310 g/mol. The highest BCUT2D eigenvalue weighted by Gasteiger charge is 2.34. The summed E-state index contributed by atoms with van der Waals surface area (Å²) in [6.07, 6.45) is 2.93. The van der Waals surface area contributed by atoms with Crippen molar-refractivity contribution in [1.82, 2.24) is 14.8 Å². The zero-order chi connectivity index (χ0) is 16.6. The largest absolute Gasteiger partial charge is 0.391 e. The van der Waals surface area contributed by atoms with Crippen LogP contribution in [0.4, 0.5) is 0 Å². The Balaban J connectivity index is 1.62. The Kier molecular flexibility index (Phi) is 5.04. The predicted molar refractivity (Wildman–Crippen MR) is 92.1 cm³/mol. The molecular formula is C17H27N3O2S. The van der Waals surface area contributed by atoms with Crippen LogP contribution in [-0.2, 0) is 0 Å². The summed E-state index contributed by atoms with van der Waals surface area (Å²) in [6.45, 7) is 9.37. The lowest BCUT2D eigenvalue weighted by atomic mass is 10.1. The van der Waals surface area contributed by atoms with E-state index in [-0.39, 0.29) is 12.0 Å². The van der Waals surface area contributed by atoms with E-state index in [4.69, 9.17) is 0 Å². The first-order valence-corrected chi connectivity index (χ1v) is 9.47. The topological polar surface area (TPSA) is 56.7 Å². The molecule has 1 aliphatic carbocycles. The number of aryl methyl sites for hydroxylation is 1. The van der Waals surface area contributed by atoms with Gasteiger partial charge in [-0.05, 0) is 26.2 Å². The highest BCUT2D eigenvalue weighted by atomic mass is 32.1. The number of carbonyl (C=O) groups excluding carboxylic acids is 1. The van der Waals surface area contributed by atoms with Crippen LogP contribution >= 0.6 is 11.3 Å². The number of thiazole rings is 1. The normalized spacial score (nSPS) is 26.2. The Morgan fingerprint density at radius 1 is 1.26 bits per heavy atom. The van der Waals surface area contributed by atoms with Gasteiger partial charge < -0.3 is 10.0 Å². The molecule has 3 rings (SSSR count). The van der Waals surface area contributed by atoms with Crippen LogP contribution in [0.1, 0.15) is 59.4 Å². The van der Waals surface area contributed by atoms with E-state index in [0.29, 0.717) is 12.0 Å². The van der Waals surface area contributed by atoms with E-state index >= 15 is 0 Å². The summed E-state index contributed by atoms with van der Waals surface area (Å²) in [5, 5.41) is 11.1. The number of nitrogens with zero attached hydrogens (tertiary/aromatic N) is 3. The second-order valence-electron chi connectivity index (χ2n) is 7.02. The van der Waals surface area contributed by atoms with Crippen molar-refractivity contribution in [3.05, 3.63) is 15.6 Å². The molecule has 1 aliphatic heterocycles. The van der Waals surface area contributed by atoms with Gasteiger partial charge in [0.2, 0.25) is 0 Å². The Hall–Kier alpha value is -0.980. The summed E-state index contributed by atoms with van der Waals surface area (Å²) < 4.78 is 0. The van der Waals surface area contributed by atoms with Crippen LogP contribution in [0, 0.1) is 6.92 Å². The van der Waals surface area contributed by atoms with E-state index < -0.39 is 0 Å². The Morgan fingerprint density at radius 2 is 1.96 bits per heavy atom. The number of amides is 1. The molecule has 0 spiro atoms. The fraction of sp³-hybridized carbons (Fsp3) is 0.765. The minimum Gasteiger partial charge on any atom is -0.391 e. The van der Waals surface area contributed by atoms with Crippen molar-refractivity contribution < 1.29 is 9.90 Å². The third kappa shape index (κ3) is 3.44. The first kappa shape index (κ1) is 16.9. The number of hydrogen-bond donors (Lipinski definition) is 1.